The summed E-state index contributed by atoms with van der Waals surface area (Å²) in [7, 11) is 0. The van der Waals surface area contributed by atoms with Crippen LogP contribution in [0.1, 0.15) is 40.0 Å². The second-order valence-corrected chi connectivity index (χ2v) is 3.02. The van der Waals surface area contributed by atoms with E-state index < -0.39 is 6.10 Å². The Bertz CT molecular complexity index is 72.2. The van der Waals surface area contributed by atoms with Gasteiger partial charge in [0.05, 0.1) is 18.8 Å². The Balaban J connectivity index is 0. The molecule has 0 aliphatic rings. The summed E-state index contributed by atoms with van der Waals surface area (Å²) in [6.45, 7) is 5.35. The van der Waals surface area contributed by atoms with Crippen molar-refractivity contribution >= 4 is 0 Å². The Morgan fingerprint density at radius 1 is 1.08 bits per heavy atom. The summed E-state index contributed by atoms with van der Waals surface area (Å²) in [4.78, 5) is 0. The maximum atomic E-state index is 8.68. The van der Waals surface area contributed by atoms with Gasteiger partial charge in [0.25, 0.3) is 0 Å². The SMILES string of the molecule is CC(O)CO.CCCCC(C)O. The Labute approximate surface area is 75.0 Å². The first kappa shape index (κ1) is 14.4. The molecule has 0 spiro atoms. The fourth-order valence-corrected chi connectivity index (χ4v) is 0.500. The lowest BCUT2D eigenvalue weighted by Gasteiger charge is -1.98. The van der Waals surface area contributed by atoms with Crippen molar-refractivity contribution in [1.82, 2.24) is 0 Å². The fraction of sp³-hybridized carbons (Fsp3) is 1.00. The van der Waals surface area contributed by atoms with Crippen molar-refractivity contribution in [1.29, 1.82) is 0 Å². The van der Waals surface area contributed by atoms with E-state index in [-0.39, 0.29) is 12.7 Å². The number of unbranched alkanes of at least 4 members (excludes halogenated alkanes) is 1. The summed E-state index contributed by atoms with van der Waals surface area (Å²) in [6.07, 6.45) is 2.63. The van der Waals surface area contributed by atoms with Crippen molar-refractivity contribution in [2.75, 3.05) is 6.61 Å². The third-order valence-corrected chi connectivity index (χ3v) is 1.24. The first-order valence-electron chi connectivity index (χ1n) is 4.51. The number of aliphatic hydroxyl groups is 3. The average Bonchev–Trinajstić information content (AvgIpc) is 2.02. The highest BCUT2D eigenvalue weighted by molar-refractivity contribution is 4.43. The number of hydrogen-bond acceptors (Lipinski definition) is 3. The minimum absolute atomic E-state index is 0.0973. The molecule has 0 saturated carbocycles. The Hall–Kier alpha value is -0.120. The molecule has 3 heteroatoms. The maximum absolute atomic E-state index is 8.68. The predicted molar refractivity (Wildman–Crippen MR) is 50.0 cm³/mol. The Morgan fingerprint density at radius 2 is 1.50 bits per heavy atom. The molecule has 0 aliphatic heterocycles. The van der Waals surface area contributed by atoms with Gasteiger partial charge < -0.3 is 15.3 Å². The molecule has 0 amide bonds. The van der Waals surface area contributed by atoms with Crippen LogP contribution in [-0.4, -0.2) is 34.1 Å². The molecule has 0 aromatic carbocycles. The van der Waals surface area contributed by atoms with Crippen molar-refractivity contribution in [2.45, 2.75) is 52.2 Å². The summed E-state index contributed by atoms with van der Waals surface area (Å²) in [5.41, 5.74) is 0. The van der Waals surface area contributed by atoms with E-state index in [1.807, 2.05) is 6.92 Å². The molecule has 0 rings (SSSR count). The van der Waals surface area contributed by atoms with E-state index in [1.165, 1.54) is 13.3 Å². The second-order valence-electron chi connectivity index (χ2n) is 3.02. The fourth-order valence-electron chi connectivity index (χ4n) is 0.500. The van der Waals surface area contributed by atoms with Crippen LogP contribution < -0.4 is 0 Å². The normalized spacial score (nSPS) is 14.5. The molecule has 12 heavy (non-hydrogen) atoms. The van der Waals surface area contributed by atoms with E-state index in [1.54, 1.807) is 0 Å². The highest BCUT2D eigenvalue weighted by Crippen LogP contribution is 1.97. The summed E-state index contributed by atoms with van der Waals surface area (Å²) >= 11 is 0. The van der Waals surface area contributed by atoms with E-state index >= 15 is 0 Å². The highest BCUT2D eigenvalue weighted by atomic mass is 16.3. The van der Waals surface area contributed by atoms with Gasteiger partial charge in [0.1, 0.15) is 0 Å². The zero-order chi connectivity index (χ0) is 9.98. The molecule has 2 atom stereocenters. The van der Waals surface area contributed by atoms with Crippen LogP contribution in [0.4, 0.5) is 0 Å². The van der Waals surface area contributed by atoms with Crippen LogP contribution in [0.5, 0.6) is 0 Å². The van der Waals surface area contributed by atoms with Crippen LogP contribution >= 0.6 is 0 Å². The molecule has 0 aromatic heterocycles. The molecule has 76 valence electrons. The molecule has 0 fully saturated rings. The lowest BCUT2D eigenvalue weighted by molar-refractivity contribution is 0.110. The van der Waals surface area contributed by atoms with Crippen molar-refractivity contribution < 1.29 is 15.3 Å². The monoisotopic (exact) mass is 178 g/mol. The molecule has 0 aromatic rings. The van der Waals surface area contributed by atoms with Crippen molar-refractivity contribution in [3.05, 3.63) is 0 Å². The number of hydrogen-bond donors (Lipinski definition) is 3. The molecule has 0 heterocycles. The third kappa shape index (κ3) is 22.5. The van der Waals surface area contributed by atoms with Crippen LogP contribution in [0, 0.1) is 0 Å². The van der Waals surface area contributed by atoms with Crippen molar-refractivity contribution in [2.24, 2.45) is 0 Å². The van der Waals surface area contributed by atoms with Gasteiger partial charge in [-0.3, -0.25) is 0 Å². The Kier molecular flexibility index (Phi) is 13.1. The van der Waals surface area contributed by atoms with E-state index in [0.29, 0.717) is 0 Å². The lowest BCUT2D eigenvalue weighted by Crippen LogP contribution is -2.03. The van der Waals surface area contributed by atoms with E-state index in [4.69, 9.17) is 15.3 Å². The van der Waals surface area contributed by atoms with Crippen molar-refractivity contribution in [3.63, 3.8) is 0 Å². The smallest absolute Gasteiger partial charge is 0.0742 e. The van der Waals surface area contributed by atoms with Gasteiger partial charge in [-0.1, -0.05) is 19.8 Å². The van der Waals surface area contributed by atoms with Crippen LogP contribution in [0.25, 0.3) is 0 Å². The number of rotatable bonds is 4. The third-order valence-electron chi connectivity index (χ3n) is 1.24. The molecule has 3 N–H and O–H groups in total. The quantitative estimate of drug-likeness (QED) is 0.600. The standard InChI is InChI=1S/C6H14O.C3H8O2/c1-3-4-5-6(2)7;1-3(5)2-4/h6-7H,3-5H2,1-2H3;3-5H,2H2,1H3. The van der Waals surface area contributed by atoms with Crippen LogP contribution in [0.15, 0.2) is 0 Å². The Morgan fingerprint density at radius 3 is 1.58 bits per heavy atom. The van der Waals surface area contributed by atoms with Crippen molar-refractivity contribution in [3.8, 4) is 0 Å². The largest absolute Gasteiger partial charge is 0.394 e. The topological polar surface area (TPSA) is 60.7 Å². The molecule has 2 unspecified atom stereocenters. The van der Waals surface area contributed by atoms with E-state index in [0.717, 1.165) is 12.8 Å². The van der Waals surface area contributed by atoms with Gasteiger partial charge in [-0.15, -0.1) is 0 Å². The van der Waals surface area contributed by atoms with Gasteiger partial charge in [0.2, 0.25) is 0 Å². The summed E-state index contributed by atoms with van der Waals surface area (Å²) in [6, 6.07) is 0. The van der Waals surface area contributed by atoms with Gasteiger partial charge >= 0.3 is 0 Å². The molecule has 0 bridgehead atoms. The van der Waals surface area contributed by atoms with Gasteiger partial charge in [-0.2, -0.15) is 0 Å². The highest BCUT2D eigenvalue weighted by Gasteiger charge is 1.90. The minimum Gasteiger partial charge on any atom is -0.394 e. The molecule has 0 aliphatic carbocycles. The molecule has 3 nitrogen and oxygen atoms in total. The van der Waals surface area contributed by atoms with Crippen LogP contribution in [0.3, 0.4) is 0 Å². The summed E-state index contributed by atoms with van der Waals surface area (Å²) < 4.78 is 0. The number of aliphatic hydroxyl groups excluding tert-OH is 3. The first-order chi connectivity index (χ1) is 5.54. The zero-order valence-corrected chi connectivity index (χ0v) is 8.32. The van der Waals surface area contributed by atoms with Gasteiger partial charge in [-0.25, -0.2) is 0 Å². The van der Waals surface area contributed by atoms with Gasteiger partial charge in [0, 0.05) is 0 Å². The van der Waals surface area contributed by atoms with E-state index in [9.17, 15) is 0 Å². The first-order valence-corrected chi connectivity index (χ1v) is 4.51. The second kappa shape index (κ2) is 10.9. The molecule has 0 radical (unpaired) electrons. The van der Waals surface area contributed by atoms with Crippen LogP contribution in [-0.2, 0) is 0 Å². The zero-order valence-electron chi connectivity index (χ0n) is 8.32. The minimum atomic E-state index is -0.560. The maximum Gasteiger partial charge on any atom is 0.0742 e. The van der Waals surface area contributed by atoms with Gasteiger partial charge in [-0.05, 0) is 20.3 Å². The average molecular weight is 178 g/mol. The van der Waals surface area contributed by atoms with Crippen LogP contribution in [0.2, 0.25) is 0 Å². The molecule has 0 saturated heterocycles. The molecular formula is C9H22O3. The molecular weight excluding hydrogens is 156 g/mol. The van der Waals surface area contributed by atoms with E-state index in [2.05, 4.69) is 6.92 Å². The predicted octanol–water partition coefficient (Wildman–Crippen LogP) is 0.917. The lowest BCUT2D eigenvalue weighted by atomic mass is 10.2. The summed E-state index contributed by atoms with van der Waals surface area (Å²) in [5, 5.41) is 24.7. The van der Waals surface area contributed by atoms with Gasteiger partial charge in [0.15, 0.2) is 0 Å². The summed E-state index contributed by atoms with van der Waals surface area (Å²) in [5.74, 6) is 0.